The molecule has 0 aliphatic carbocycles. The van der Waals surface area contributed by atoms with E-state index in [-0.39, 0.29) is 19.2 Å². The van der Waals surface area contributed by atoms with Crippen LogP contribution in [0, 0.1) is 0 Å². The van der Waals surface area contributed by atoms with Crippen LogP contribution < -0.4 is 0 Å². The van der Waals surface area contributed by atoms with Crippen molar-refractivity contribution in [3.05, 3.63) is 12.2 Å². The number of phosphoric acid groups is 1. The smallest absolute Gasteiger partial charge is 0.463 e. The number of nitrogens with zero attached hydrogens (tertiary/aromatic N) is 1. The van der Waals surface area contributed by atoms with Gasteiger partial charge in [-0.05, 0) is 32.1 Å². The third kappa shape index (κ3) is 45.8. The van der Waals surface area contributed by atoms with Crippen molar-refractivity contribution in [1.29, 1.82) is 0 Å². The molecule has 0 radical (unpaired) electrons. The van der Waals surface area contributed by atoms with Crippen LogP contribution in [0.25, 0.3) is 0 Å². The first-order chi connectivity index (χ1) is 26.6. The van der Waals surface area contributed by atoms with E-state index in [1.807, 2.05) is 21.1 Å². The van der Waals surface area contributed by atoms with Crippen LogP contribution in [0.1, 0.15) is 225 Å². The zero-order valence-corrected chi connectivity index (χ0v) is 37.8. The predicted octanol–water partition coefficient (Wildman–Crippen LogP) is 13.6. The number of phosphoric ester groups is 1. The first-order valence-corrected chi connectivity index (χ1v) is 25.0. The number of hydrogen-bond donors (Lipinski definition) is 2. The highest BCUT2D eigenvalue weighted by Gasteiger charge is 2.24. The van der Waals surface area contributed by atoms with Gasteiger partial charge >= 0.3 is 13.8 Å². The summed E-state index contributed by atoms with van der Waals surface area (Å²) in [5, 5.41) is 9.92. The SMILES string of the molecule is CCCCCCCCCC/C=C\CCCCCCCCCCCCCCCCCCCCCCCCCC(=O)OCC(O)COP(=O)(O)OCC[N+](C)(C)C. The third-order valence-corrected chi connectivity index (χ3v) is 11.5. The summed E-state index contributed by atoms with van der Waals surface area (Å²) >= 11 is 0. The van der Waals surface area contributed by atoms with Crippen molar-refractivity contribution in [2.75, 3.05) is 47.5 Å². The van der Waals surface area contributed by atoms with E-state index in [1.165, 1.54) is 193 Å². The van der Waals surface area contributed by atoms with E-state index in [0.29, 0.717) is 17.4 Å². The van der Waals surface area contributed by atoms with Gasteiger partial charge in [0.2, 0.25) is 0 Å². The molecule has 0 aliphatic rings. The van der Waals surface area contributed by atoms with Gasteiger partial charge in [0, 0.05) is 6.42 Å². The minimum atomic E-state index is -4.25. The van der Waals surface area contributed by atoms with Crippen molar-refractivity contribution in [3.8, 4) is 0 Å². The first kappa shape index (κ1) is 54.2. The van der Waals surface area contributed by atoms with E-state index in [1.54, 1.807) is 0 Å². The van der Waals surface area contributed by atoms with E-state index in [9.17, 15) is 19.4 Å². The monoisotopic (exact) mass is 803 g/mol. The Morgan fingerprint density at radius 1 is 0.545 bits per heavy atom. The quantitative estimate of drug-likeness (QED) is 0.0208. The fourth-order valence-electron chi connectivity index (χ4n) is 6.83. The standard InChI is InChI=1S/C46H92NO7P/c1-5-6-7-8-9-10-11-12-13-14-15-16-17-18-19-20-21-22-23-24-25-26-27-28-29-30-31-32-33-34-35-36-37-38-39-40-46(49)52-43-45(48)44-54-55(50,51)53-42-41-47(2,3)4/h14-15,45,48H,5-13,16-44H2,1-4H3/p+1/b15-14-. The summed E-state index contributed by atoms with van der Waals surface area (Å²) in [6, 6.07) is 0. The van der Waals surface area contributed by atoms with E-state index in [0.717, 1.165) is 19.3 Å². The van der Waals surface area contributed by atoms with E-state index in [4.69, 9.17) is 13.8 Å². The summed E-state index contributed by atoms with van der Waals surface area (Å²) in [6.07, 6.45) is 48.6. The second-order valence-electron chi connectivity index (χ2n) is 17.4. The second kappa shape index (κ2) is 40.0. The van der Waals surface area contributed by atoms with Gasteiger partial charge in [-0.2, -0.15) is 0 Å². The lowest BCUT2D eigenvalue weighted by Gasteiger charge is -2.24. The minimum absolute atomic E-state index is 0.0569. The molecule has 0 rings (SSSR count). The Hall–Kier alpha value is -0.760. The Morgan fingerprint density at radius 2 is 0.891 bits per heavy atom. The molecule has 0 saturated carbocycles. The van der Waals surface area contributed by atoms with Crippen molar-refractivity contribution in [1.82, 2.24) is 0 Å². The van der Waals surface area contributed by atoms with E-state index >= 15 is 0 Å². The number of likely N-dealkylation sites (N-methyl/N-ethyl adjacent to an activating group) is 1. The van der Waals surface area contributed by atoms with E-state index in [2.05, 4.69) is 19.1 Å². The molecule has 0 heterocycles. The Morgan fingerprint density at radius 3 is 1.25 bits per heavy atom. The summed E-state index contributed by atoms with van der Waals surface area (Å²) in [7, 11) is 1.57. The van der Waals surface area contributed by atoms with Crippen molar-refractivity contribution in [2.45, 2.75) is 231 Å². The Balaban J connectivity index is 3.30. The van der Waals surface area contributed by atoms with Crippen molar-refractivity contribution in [2.24, 2.45) is 0 Å². The van der Waals surface area contributed by atoms with Crippen LogP contribution in [-0.4, -0.2) is 74.1 Å². The molecule has 9 heteroatoms. The highest BCUT2D eigenvalue weighted by molar-refractivity contribution is 7.47. The molecule has 0 spiro atoms. The molecule has 55 heavy (non-hydrogen) atoms. The van der Waals surface area contributed by atoms with Crippen LogP contribution in [0.4, 0.5) is 0 Å². The maximum absolute atomic E-state index is 12.0. The van der Waals surface area contributed by atoms with Gasteiger partial charge in [0.05, 0.1) is 27.7 Å². The van der Waals surface area contributed by atoms with Crippen LogP contribution in [0.2, 0.25) is 0 Å². The normalized spacial score (nSPS) is 13.8. The molecule has 2 atom stereocenters. The Kier molecular flexibility index (Phi) is 39.5. The Labute approximate surface area is 341 Å². The van der Waals surface area contributed by atoms with Crippen LogP contribution in [0.15, 0.2) is 12.2 Å². The van der Waals surface area contributed by atoms with Crippen molar-refractivity contribution >= 4 is 13.8 Å². The number of aliphatic hydroxyl groups is 1. The van der Waals surface area contributed by atoms with Gasteiger partial charge in [0.1, 0.15) is 25.9 Å². The first-order valence-electron chi connectivity index (χ1n) is 23.5. The molecule has 328 valence electrons. The van der Waals surface area contributed by atoms with Gasteiger partial charge < -0.3 is 19.2 Å². The van der Waals surface area contributed by atoms with Gasteiger partial charge in [0.15, 0.2) is 0 Å². The van der Waals surface area contributed by atoms with Crippen LogP contribution in [-0.2, 0) is 23.1 Å². The highest BCUT2D eigenvalue weighted by Crippen LogP contribution is 2.43. The number of allylic oxidation sites excluding steroid dienone is 2. The molecule has 0 aromatic rings. The summed E-state index contributed by atoms with van der Waals surface area (Å²) < 4.78 is 27.3. The summed E-state index contributed by atoms with van der Waals surface area (Å²) in [6.45, 7) is 2.18. The van der Waals surface area contributed by atoms with E-state index < -0.39 is 20.5 Å². The van der Waals surface area contributed by atoms with Crippen molar-refractivity contribution in [3.63, 3.8) is 0 Å². The Bertz CT molecular complexity index is 894. The van der Waals surface area contributed by atoms with Gasteiger partial charge in [-0.1, -0.05) is 199 Å². The molecule has 8 nitrogen and oxygen atoms in total. The zero-order valence-electron chi connectivity index (χ0n) is 36.9. The lowest BCUT2D eigenvalue weighted by Crippen LogP contribution is -2.37. The third-order valence-electron chi connectivity index (χ3n) is 10.5. The fraction of sp³-hybridized carbons (Fsp3) is 0.935. The van der Waals surface area contributed by atoms with Gasteiger partial charge in [0.25, 0.3) is 0 Å². The molecular formula is C46H93NO7P+. The second-order valence-corrected chi connectivity index (χ2v) is 18.8. The number of ether oxygens (including phenoxy) is 1. The number of quaternary nitrogens is 1. The number of hydrogen-bond acceptors (Lipinski definition) is 6. The van der Waals surface area contributed by atoms with Crippen LogP contribution >= 0.6 is 7.82 Å². The number of rotatable bonds is 44. The van der Waals surface area contributed by atoms with Gasteiger partial charge in [-0.3, -0.25) is 13.8 Å². The predicted molar refractivity (Wildman–Crippen MR) is 233 cm³/mol. The molecule has 2 N–H and O–H groups in total. The maximum Gasteiger partial charge on any atom is 0.472 e. The molecule has 0 amide bonds. The van der Waals surface area contributed by atoms with Crippen molar-refractivity contribution < 1.29 is 37.6 Å². The number of esters is 1. The molecule has 2 unspecified atom stereocenters. The molecule has 0 aromatic heterocycles. The van der Waals surface area contributed by atoms with Gasteiger partial charge in [-0.15, -0.1) is 0 Å². The molecule has 0 saturated heterocycles. The summed E-state index contributed by atoms with van der Waals surface area (Å²) in [5.41, 5.74) is 0. The lowest BCUT2D eigenvalue weighted by molar-refractivity contribution is -0.870. The minimum Gasteiger partial charge on any atom is -0.463 e. The number of unbranched alkanes of at least 4 members (excludes halogenated alkanes) is 31. The highest BCUT2D eigenvalue weighted by atomic mass is 31.2. The van der Waals surface area contributed by atoms with Crippen LogP contribution in [0.5, 0.6) is 0 Å². The zero-order chi connectivity index (χ0) is 40.6. The lowest BCUT2D eigenvalue weighted by atomic mass is 10.0. The largest absolute Gasteiger partial charge is 0.472 e. The maximum atomic E-state index is 12.0. The summed E-state index contributed by atoms with van der Waals surface area (Å²) in [5.74, 6) is -0.366. The molecule has 0 bridgehead atoms. The molecular weight excluding hydrogens is 709 g/mol. The summed E-state index contributed by atoms with van der Waals surface area (Å²) in [4.78, 5) is 21.7. The number of carbonyl (C=O) groups excluding carboxylic acids is 1. The number of aliphatic hydroxyl groups excluding tert-OH is 1. The molecule has 0 fully saturated rings. The fourth-order valence-corrected chi connectivity index (χ4v) is 7.58. The average Bonchev–Trinajstić information content (AvgIpc) is 3.14. The average molecular weight is 803 g/mol. The number of carbonyl (C=O) groups is 1. The van der Waals surface area contributed by atoms with Crippen LogP contribution in [0.3, 0.4) is 0 Å². The molecule has 0 aliphatic heterocycles. The topological polar surface area (TPSA) is 102 Å². The van der Waals surface area contributed by atoms with Gasteiger partial charge in [-0.25, -0.2) is 4.57 Å². The molecule has 0 aromatic carbocycles.